The standard InChI is InChI=1S/C18H18FNO/c1-3-20-11-14(18-13(2)6-4-9-17(18)20)12-21-16-8-5-7-15(19)10-16/h4-11H,3,12H2,1-2H3. The second kappa shape index (κ2) is 5.60. The van der Waals surface area contributed by atoms with Gasteiger partial charge in [-0.15, -0.1) is 0 Å². The van der Waals surface area contributed by atoms with Crippen LogP contribution in [0.5, 0.6) is 5.75 Å². The molecule has 0 aliphatic rings. The monoisotopic (exact) mass is 283 g/mol. The van der Waals surface area contributed by atoms with E-state index in [1.165, 1.54) is 28.6 Å². The molecule has 0 N–H and O–H groups in total. The molecule has 0 radical (unpaired) electrons. The van der Waals surface area contributed by atoms with E-state index in [4.69, 9.17) is 4.74 Å². The minimum atomic E-state index is -0.278. The third kappa shape index (κ3) is 2.64. The van der Waals surface area contributed by atoms with Crippen molar-refractivity contribution in [1.29, 1.82) is 0 Å². The number of benzene rings is 2. The van der Waals surface area contributed by atoms with Crippen LogP contribution in [0, 0.1) is 12.7 Å². The fourth-order valence-corrected chi connectivity index (χ4v) is 2.72. The predicted molar refractivity (Wildman–Crippen MR) is 83.1 cm³/mol. The van der Waals surface area contributed by atoms with E-state index in [0.717, 1.165) is 12.1 Å². The number of hydrogen-bond acceptors (Lipinski definition) is 1. The smallest absolute Gasteiger partial charge is 0.126 e. The van der Waals surface area contributed by atoms with Gasteiger partial charge in [0.2, 0.25) is 0 Å². The van der Waals surface area contributed by atoms with E-state index in [1.807, 2.05) is 0 Å². The summed E-state index contributed by atoms with van der Waals surface area (Å²) in [5.74, 6) is 0.278. The number of nitrogens with zero attached hydrogens (tertiary/aromatic N) is 1. The molecule has 0 amide bonds. The summed E-state index contributed by atoms with van der Waals surface area (Å²) in [5, 5.41) is 1.23. The van der Waals surface area contributed by atoms with Crippen LogP contribution in [-0.2, 0) is 13.2 Å². The summed E-state index contributed by atoms with van der Waals surface area (Å²) >= 11 is 0. The summed E-state index contributed by atoms with van der Waals surface area (Å²) in [7, 11) is 0. The fourth-order valence-electron chi connectivity index (χ4n) is 2.72. The molecule has 0 saturated heterocycles. The van der Waals surface area contributed by atoms with Crippen molar-refractivity contribution in [1.82, 2.24) is 4.57 Å². The molecule has 0 bridgehead atoms. The van der Waals surface area contributed by atoms with Gasteiger partial charge in [-0.3, -0.25) is 0 Å². The van der Waals surface area contributed by atoms with Gasteiger partial charge in [0.05, 0.1) is 0 Å². The first-order chi connectivity index (χ1) is 10.2. The highest BCUT2D eigenvalue weighted by atomic mass is 19.1. The van der Waals surface area contributed by atoms with E-state index in [9.17, 15) is 4.39 Å². The quantitative estimate of drug-likeness (QED) is 0.677. The number of hydrogen-bond donors (Lipinski definition) is 0. The molecule has 0 aliphatic heterocycles. The minimum absolute atomic E-state index is 0.278. The summed E-state index contributed by atoms with van der Waals surface area (Å²) in [6.45, 7) is 5.59. The molecule has 1 aromatic heterocycles. The highest BCUT2D eigenvalue weighted by Gasteiger charge is 2.10. The van der Waals surface area contributed by atoms with Gasteiger partial charge in [-0.1, -0.05) is 18.2 Å². The van der Waals surface area contributed by atoms with Gasteiger partial charge in [-0.2, -0.15) is 0 Å². The molecule has 3 heteroatoms. The van der Waals surface area contributed by atoms with E-state index >= 15 is 0 Å². The molecule has 0 atom stereocenters. The molecule has 0 saturated carbocycles. The van der Waals surface area contributed by atoms with Crippen molar-refractivity contribution in [3.8, 4) is 5.75 Å². The van der Waals surface area contributed by atoms with E-state index < -0.39 is 0 Å². The van der Waals surface area contributed by atoms with Crippen molar-refractivity contribution in [2.75, 3.05) is 0 Å². The normalized spacial score (nSPS) is 11.0. The number of rotatable bonds is 4. The number of halogens is 1. The van der Waals surface area contributed by atoms with Gasteiger partial charge in [-0.05, 0) is 37.6 Å². The zero-order chi connectivity index (χ0) is 14.8. The highest BCUT2D eigenvalue weighted by Crippen LogP contribution is 2.26. The fraction of sp³-hybridized carbons (Fsp3) is 0.222. The molecule has 3 rings (SSSR count). The Bertz CT molecular complexity index is 776. The van der Waals surface area contributed by atoms with Crippen molar-refractivity contribution in [2.24, 2.45) is 0 Å². The third-order valence-electron chi connectivity index (χ3n) is 3.72. The molecule has 2 nitrogen and oxygen atoms in total. The van der Waals surface area contributed by atoms with Gasteiger partial charge in [0.25, 0.3) is 0 Å². The molecule has 0 spiro atoms. The van der Waals surface area contributed by atoms with Crippen LogP contribution in [0.2, 0.25) is 0 Å². The van der Waals surface area contributed by atoms with Crippen LogP contribution < -0.4 is 4.74 Å². The lowest BCUT2D eigenvalue weighted by molar-refractivity contribution is 0.305. The first-order valence-corrected chi connectivity index (χ1v) is 7.14. The second-order valence-electron chi connectivity index (χ2n) is 5.16. The molecule has 2 aromatic carbocycles. The second-order valence-corrected chi connectivity index (χ2v) is 5.16. The maximum atomic E-state index is 13.2. The van der Waals surface area contributed by atoms with Crippen molar-refractivity contribution in [3.63, 3.8) is 0 Å². The lowest BCUT2D eigenvalue weighted by Gasteiger charge is -2.06. The summed E-state index contributed by atoms with van der Waals surface area (Å²) < 4.78 is 21.1. The van der Waals surface area contributed by atoms with Crippen LogP contribution in [0.15, 0.2) is 48.7 Å². The molecule has 108 valence electrons. The van der Waals surface area contributed by atoms with Gasteiger partial charge < -0.3 is 9.30 Å². The third-order valence-corrected chi connectivity index (χ3v) is 3.72. The summed E-state index contributed by atoms with van der Waals surface area (Å²) in [4.78, 5) is 0. The largest absolute Gasteiger partial charge is 0.489 e. The molecule has 21 heavy (non-hydrogen) atoms. The highest BCUT2D eigenvalue weighted by molar-refractivity contribution is 5.87. The molecule has 0 aliphatic carbocycles. The topological polar surface area (TPSA) is 14.2 Å². The summed E-state index contributed by atoms with van der Waals surface area (Å²) in [6, 6.07) is 12.6. The SMILES string of the molecule is CCn1cc(COc2cccc(F)c2)c2c(C)cccc21. The van der Waals surface area contributed by atoms with E-state index in [0.29, 0.717) is 12.4 Å². The number of aryl methyl sites for hydroxylation is 2. The number of fused-ring (bicyclic) bond motifs is 1. The average molecular weight is 283 g/mol. The van der Waals surface area contributed by atoms with Gasteiger partial charge in [0.15, 0.2) is 0 Å². The van der Waals surface area contributed by atoms with Crippen LogP contribution in [0.4, 0.5) is 4.39 Å². The van der Waals surface area contributed by atoms with Crippen LogP contribution >= 0.6 is 0 Å². The molecule has 0 unspecified atom stereocenters. The van der Waals surface area contributed by atoms with E-state index in [2.05, 4.69) is 42.8 Å². The molecule has 3 aromatic rings. The molecular formula is C18H18FNO. The summed E-state index contributed by atoms with van der Waals surface area (Å²) in [6.07, 6.45) is 2.12. The Morgan fingerprint density at radius 3 is 2.71 bits per heavy atom. The maximum Gasteiger partial charge on any atom is 0.126 e. The van der Waals surface area contributed by atoms with Gasteiger partial charge >= 0.3 is 0 Å². The Labute approximate surface area is 123 Å². The Kier molecular flexibility index (Phi) is 3.65. The van der Waals surface area contributed by atoms with Crippen LogP contribution in [0.1, 0.15) is 18.1 Å². The zero-order valence-electron chi connectivity index (χ0n) is 12.3. The molecule has 1 heterocycles. The first kappa shape index (κ1) is 13.7. The Morgan fingerprint density at radius 2 is 1.95 bits per heavy atom. The number of ether oxygens (including phenoxy) is 1. The number of aromatic nitrogens is 1. The van der Waals surface area contributed by atoms with E-state index in [-0.39, 0.29) is 5.82 Å². The van der Waals surface area contributed by atoms with Crippen LogP contribution in [-0.4, -0.2) is 4.57 Å². The van der Waals surface area contributed by atoms with Crippen molar-refractivity contribution < 1.29 is 9.13 Å². The van der Waals surface area contributed by atoms with Crippen molar-refractivity contribution in [3.05, 3.63) is 65.6 Å². The van der Waals surface area contributed by atoms with Crippen molar-refractivity contribution in [2.45, 2.75) is 27.0 Å². The van der Waals surface area contributed by atoms with Crippen LogP contribution in [0.3, 0.4) is 0 Å². The van der Waals surface area contributed by atoms with Gasteiger partial charge in [0.1, 0.15) is 18.2 Å². The minimum Gasteiger partial charge on any atom is -0.489 e. The predicted octanol–water partition coefficient (Wildman–Crippen LogP) is 4.69. The van der Waals surface area contributed by atoms with Gasteiger partial charge in [-0.25, -0.2) is 4.39 Å². The van der Waals surface area contributed by atoms with Gasteiger partial charge in [0, 0.05) is 35.3 Å². The lowest BCUT2D eigenvalue weighted by atomic mass is 10.1. The Balaban J connectivity index is 1.94. The Morgan fingerprint density at radius 1 is 1.14 bits per heavy atom. The maximum absolute atomic E-state index is 13.2. The molecule has 0 fully saturated rings. The zero-order valence-corrected chi connectivity index (χ0v) is 12.3. The van der Waals surface area contributed by atoms with E-state index in [1.54, 1.807) is 12.1 Å². The van der Waals surface area contributed by atoms with Crippen molar-refractivity contribution >= 4 is 10.9 Å². The average Bonchev–Trinajstić information content (AvgIpc) is 2.85. The first-order valence-electron chi connectivity index (χ1n) is 7.14. The lowest BCUT2D eigenvalue weighted by Crippen LogP contribution is -1.95. The molecular weight excluding hydrogens is 265 g/mol. The van der Waals surface area contributed by atoms with Crippen LogP contribution in [0.25, 0.3) is 10.9 Å². The Hall–Kier alpha value is -2.29. The summed E-state index contributed by atoms with van der Waals surface area (Å²) in [5.41, 5.74) is 3.59.